The van der Waals surface area contributed by atoms with Gasteiger partial charge in [-0.3, -0.25) is 4.79 Å². The molecule has 0 aromatic heterocycles. The molecule has 1 fully saturated rings. The Morgan fingerprint density at radius 3 is 2.41 bits per heavy atom. The highest BCUT2D eigenvalue weighted by Gasteiger charge is 2.35. The number of Topliss-reactive ketones (excluding diaryl/α,β-unsaturated/α-hetero) is 1. The van der Waals surface area contributed by atoms with Crippen LogP contribution in [0.5, 0.6) is 0 Å². The summed E-state index contributed by atoms with van der Waals surface area (Å²) < 4.78 is 5.16. The first-order chi connectivity index (χ1) is 10.6. The van der Waals surface area contributed by atoms with Crippen molar-refractivity contribution in [3.05, 3.63) is 48.0 Å². The molecule has 116 valence electrons. The van der Waals surface area contributed by atoms with Crippen molar-refractivity contribution in [1.82, 2.24) is 0 Å². The van der Waals surface area contributed by atoms with E-state index in [0.717, 1.165) is 23.6 Å². The third-order valence-corrected chi connectivity index (χ3v) is 7.35. The highest BCUT2D eigenvalue weighted by atomic mass is 32.3. The Labute approximate surface area is 130 Å². The zero-order valence-electron chi connectivity index (χ0n) is 12.2. The summed E-state index contributed by atoms with van der Waals surface area (Å²) in [5, 5.41) is 11.1. The lowest BCUT2D eigenvalue weighted by Gasteiger charge is -2.32. The van der Waals surface area contributed by atoms with Gasteiger partial charge in [-0.15, -0.1) is 0 Å². The van der Waals surface area contributed by atoms with Gasteiger partial charge in [-0.1, -0.05) is 46.7 Å². The lowest BCUT2D eigenvalue weighted by molar-refractivity contribution is 0.102. The van der Waals surface area contributed by atoms with Crippen LogP contribution in [0.3, 0.4) is 0 Å². The summed E-state index contributed by atoms with van der Waals surface area (Å²) in [5.41, 5.74) is 0.631. The molecule has 0 unspecified atom stereocenters. The largest absolute Gasteiger partial charge is 0.516 e. The molecule has 0 spiro atoms. The predicted molar refractivity (Wildman–Crippen MR) is 88.8 cm³/mol. The molecule has 0 saturated carbocycles. The minimum Gasteiger partial charge on any atom is -0.449 e. The molecule has 1 aliphatic heterocycles. The zero-order valence-corrected chi connectivity index (χ0v) is 13.0. The second kappa shape index (κ2) is 6.01. The molecule has 0 atom stereocenters. The molecular formula is C17H18O4S. The SMILES string of the molecule is O=C(O)OS1(CC(=O)c2ccc3ccccc3c2)CCCC1. The Bertz CT molecular complexity index is 719. The summed E-state index contributed by atoms with van der Waals surface area (Å²) in [6.07, 6.45) is 0.615. The highest BCUT2D eigenvalue weighted by molar-refractivity contribution is 8.30. The lowest BCUT2D eigenvalue weighted by atomic mass is 10.1. The molecule has 1 heterocycles. The fourth-order valence-electron chi connectivity index (χ4n) is 2.93. The Balaban J connectivity index is 1.83. The Hall–Kier alpha value is -2.01. The topological polar surface area (TPSA) is 63.6 Å². The first kappa shape index (κ1) is 14.9. The quantitative estimate of drug-likeness (QED) is 0.857. The number of ketones is 1. The molecule has 22 heavy (non-hydrogen) atoms. The number of carboxylic acid groups (broad SMARTS) is 1. The number of carbonyl (C=O) groups is 2. The average molecular weight is 318 g/mol. The van der Waals surface area contributed by atoms with Crippen LogP contribution in [0.25, 0.3) is 10.8 Å². The van der Waals surface area contributed by atoms with Crippen molar-refractivity contribution in [1.29, 1.82) is 0 Å². The van der Waals surface area contributed by atoms with Gasteiger partial charge in [-0.2, -0.15) is 0 Å². The van der Waals surface area contributed by atoms with E-state index in [0.29, 0.717) is 17.1 Å². The third-order valence-electron chi connectivity index (χ3n) is 4.00. The summed E-state index contributed by atoms with van der Waals surface area (Å²) in [5.74, 6) is 1.60. The van der Waals surface area contributed by atoms with Crippen molar-refractivity contribution in [2.75, 3.05) is 17.3 Å². The molecule has 0 bridgehead atoms. The molecule has 5 heteroatoms. The van der Waals surface area contributed by atoms with Crippen LogP contribution in [-0.4, -0.2) is 34.3 Å². The minimum absolute atomic E-state index is 0.0242. The Morgan fingerprint density at radius 2 is 1.73 bits per heavy atom. The van der Waals surface area contributed by atoms with Gasteiger partial charge < -0.3 is 9.29 Å². The highest BCUT2D eigenvalue weighted by Crippen LogP contribution is 2.55. The van der Waals surface area contributed by atoms with Gasteiger partial charge in [0, 0.05) is 17.1 Å². The van der Waals surface area contributed by atoms with Gasteiger partial charge in [0.2, 0.25) is 0 Å². The molecule has 0 radical (unpaired) electrons. The summed E-state index contributed by atoms with van der Waals surface area (Å²) >= 11 is 0. The van der Waals surface area contributed by atoms with Crippen molar-refractivity contribution in [3.8, 4) is 0 Å². The number of fused-ring (bicyclic) bond motifs is 1. The van der Waals surface area contributed by atoms with Gasteiger partial charge >= 0.3 is 6.16 Å². The van der Waals surface area contributed by atoms with E-state index < -0.39 is 16.5 Å². The minimum atomic E-state index is -1.81. The normalized spacial score (nSPS) is 18.0. The predicted octanol–water partition coefficient (Wildman–Crippen LogP) is 4.23. The number of hydrogen-bond donors (Lipinski definition) is 1. The van der Waals surface area contributed by atoms with E-state index in [4.69, 9.17) is 9.29 Å². The van der Waals surface area contributed by atoms with Crippen molar-refractivity contribution < 1.29 is 18.9 Å². The Morgan fingerprint density at radius 1 is 1.05 bits per heavy atom. The molecule has 3 rings (SSSR count). The van der Waals surface area contributed by atoms with Gasteiger partial charge in [0.15, 0.2) is 5.78 Å². The van der Waals surface area contributed by atoms with E-state index in [-0.39, 0.29) is 11.5 Å². The average Bonchev–Trinajstić information content (AvgIpc) is 2.94. The smallest absolute Gasteiger partial charge is 0.449 e. The van der Waals surface area contributed by atoms with E-state index >= 15 is 0 Å². The van der Waals surface area contributed by atoms with Gasteiger partial charge in [-0.25, -0.2) is 4.79 Å². The van der Waals surface area contributed by atoms with E-state index in [1.54, 1.807) is 0 Å². The van der Waals surface area contributed by atoms with Crippen LogP contribution in [0.15, 0.2) is 42.5 Å². The second-order valence-electron chi connectivity index (χ2n) is 5.56. The molecule has 4 nitrogen and oxygen atoms in total. The number of carbonyl (C=O) groups excluding carboxylic acids is 1. The maximum atomic E-state index is 12.6. The summed E-state index contributed by atoms with van der Waals surface area (Å²) in [6.45, 7) is 0. The van der Waals surface area contributed by atoms with E-state index in [9.17, 15) is 9.59 Å². The van der Waals surface area contributed by atoms with Crippen molar-refractivity contribution in [3.63, 3.8) is 0 Å². The summed E-state index contributed by atoms with van der Waals surface area (Å²) in [4.78, 5) is 23.5. The fourth-order valence-corrected chi connectivity index (χ4v) is 6.05. The molecule has 1 aliphatic rings. The van der Waals surface area contributed by atoms with E-state index in [2.05, 4.69) is 0 Å². The monoisotopic (exact) mass is 318 g/mol. The number of hydrogen-bond acceptors (Lipinski definition) is 3. The lowest BCUT2D eigenvalue weighted by Crippen LogP contribution is -2.20. The van der Waals surface area contributed by atoms with Crippen LogP contribution in [0.2, 0.25) is 0 Å². The maximum Gasteiger partial charge on any atom is 0.516 e. The Kier molecular flexibility index (Phi) is 4.07. The van der Waals surface area contributed by atoms with E-state index in [1.165, 1.54) is 0 Å². The molecule has 1 saturated heterocycles. The zero-order chi connectivity index (χ0) is 15.6. The second-order valence-corrected chi connectivity index (χ2v) is 8.76. The number of benzene rings is 2. The van der Waals surface area contributed by atoms with Crippen LogP contribution in [0.1, 0.15) is 23.2 Å². The first-order valence-corrected chi connectivity index (χ1v) is 9.35. The van der Waals surface area contributed by atoms with E-state index in [1.807, 2.05) is 42.5 Å². The maximum absolute atomic E-state index is 12.6. The first-order valence-electron chi connectivity index (χ1n) is 7.29. The molecule has 0 amide bonds. The fraction of sp³-hybridized carbons (Fsp3) is 0.294. The van der Waals surface area contributed by atoms with Crippen molar-refractivity contribution in [2.24, 2.45) is 0 Å². The third kappa shape index (κ3) is 3.09. The summed E-state index contributed by atoms with van der Waals surface area (Å²) in [7, 11) is -1.81. The summed E-state index contributed by atoms with van der Waals surface area (Å²) in [6, 6.07) is 13.5. The van der Waals surface area contributed by atoms with Crippen LogP contribution in [0, 0.1) is 0 Å². The van der Waals surface area contributed by atoms with Crippen LogP contribution in [-0.2, 0) is 4.18 Å². The molecule has 2 aromatic carbocycles. The molecule has 0 aliphatic carbocycles. The van der Waals surface area contributed by atoms with Gasteiger partial charge in [0.1, 0.15) is 0 Å². The van der Waals surface area contributed by atoms with Crippen LogP contribution in [0.4, 0.5) is 4.79 Å². The van der Waals surface area contributed by atoms with Crippen LogP contribution >= 0.6 is 10.3 Å². The molecule has 2 aromatic rings. The van der Waals surface area contributed by atoms with Crippen LogP contribution < -0.4 is 0 Å². The van der Waals surface area contributed by atoms with Gasteiger partial charge in [0.25, 0.3) is 0 Å². The van der Waals surface area contributed by atoms with Crippen molar-refractivity contribution in [2.45, 2.75) is 12.8 Å². The van der Waals surface area contributed by atoms with Gasteiger partial charge in [-0.05, 0) is 29.7 Å². The van der Waals surface area contributed by atoms with Gasteiger partial charge in [0.05, 0.1) is 5.75 Å². The van der Waals surface area contributed by atoms with Crippen molar-refractivity contribution >= 4 is 33.0 Å². The molecule has 1 N–H and O–H groups in total. The standard InChI is InChI=1S/C17H18O4S/c18-16(12-22(21-17(19)20)9-3-4-10-22)15-8-7-13-5-1-2-6-14(13)11-15/h1-2,5-8,11H,3-4,9-10,12H2,(H,19,20). The number of rotatable bonds is 4. The molecular weight excluding hydrogens is 300 g/mol.